The highest BCUT2D eigenvalue weighted by atomic mass is 79.9. The van der Waals surface area contributed by atoms with E-state index < -0.39 is 5.97 Å². The van der Waals surface area contributed by atoms with Gasteiger partial charge in [0, 0.05) is 5.56 Å². The van der Waals surface area contributed by atoms with E-state index in [1.807, 2.05) is 0 Å². The first-order chi connectivity index (χ1) is 9.93. The number of nitrogens with zero attached hydrogens (tertiary/aromatic N) is 2. The van der Waals surface area contributed by atoms with Crippen molar-refractivity contribution in [3.05, 3.63) is 45.8 Å². The zero-order valence-electron chi connectivity index (χ0n) is 10.6. The molecule has 110 valence electrons. The zero-order valence-corrected chi connectivity index (χ0v) is 15.3. The molecule has 0 spiro atoms. The van der Waals surface area contributed by atoms with E-state index in [2.05, 4.69) is 41.8 Å². The topological polar surface area (TPSA) is 52.1 Å². The van der Waals surface area contributed by atoms with E-state index in [1.165, 1.54) is 13.3 Å². The molecule has 0 aliphatic rings. The van der Waals surface area contributed by atoms with Gasteiger partial charge in [0.05, 0.1) is 33.3 Å². The van der Waals surface area contributed by atoms with Gasteiger partial charge in [0.25, 0.3) is 0 Å². The molecule has 8 heteroatoms. The molecule has 2 rings (SSSR count). The second-order valence-electron chi connectivity index (χ2n) is 3.93. The Morgan fingerprint density at radius 2 is 2.05 bits per heavy atom. The lowest BCUT2D eigenvalue weighted by molar-refractivity contribution is 0.0600. The summed E-state index contributed by atoms with van der Waals surface area (Å²) < 4.78 is 4.62. The Hall–Kier alpha value is -0.690. The van der Waals surface area contributed by atoms with Gasteiger partial charge in [0.1, 0.15) is 0 Å². The Labute approximate surface area is 148 Å². The average molecular weight is 455 g/mol. The molecule has 21 heavy (non-hydrogen) atoms. The maximum Gasteiger partial charge on any atom is 0.338 e. The highest BCUT2D eigenvalue weighted by molar-refractivity contribution is 9.24. The van der Waals surface area contributed by atoms with Crippen molar-refractivity contribution in [2.24, 2.45) is 0 Å². The van der Waals surface area contributed by atoms with Gasteiger partial charge in [0.2, 0.25) is 5.28 Å². The number of hydrogen-bond donors (Lipinski definition) is 0. The fraction of sp³-hybridized carbons (Fsp3) is 0.154. The van der Waals surface area contributed by atoms with Gasteiger partial charge in [-0.05, 0) is 23.2 Å². The van der Waals surface area contributed by atoms with Crippen LogP contribution in [-0.2, 0) is 4.74 Å². The first-order valence-electron chi connectivity index (χ1n) is 5.63. The number of methoxy groups -OCH3 is 1. The number of rotatable bonds is 3. The molecule has 1 aromatic carbocycles. The van der Waals surface area contributed by atoms with Crippen molar-refractivity contribution in [2.75, 3.05) is 7.11 Å². The molecule has 0 atom stereocenters. The molecule has 4 nitrogen and oxygen atoms in total. The Morgan fingerprint density at radius 1 is 1.33 bits per heavy atom. The first-order valence-corrected chi connectivity index (χ1v) is 8.21. The smallest absolute Gasteiger partial charge is 0.338 e. The van der Waals surface area contributed by atoms with Crippen LogP contribution >= 0.6 is 55.1 Å². The lowest BCUT2D eigenvalue weighted by Gasteiger charge is -2.11. The number of carbonyl (C=O) groups is 1. The van der Waals surface area contributed by atoms with E-state index in [9.17, 15) is 4.79 Å². The molecule has 1 heterocycles. The fourth-order valence-corrected chi connectivity index (χ4v) is 2.86. The molecule has 0 aliphatic carbocycles. The maximum atomic E-state index is 11.9. The molecule has 2 aromatic rings. The third-order valence-corrected chi connectivity index (χ3v) is 4.13. The van der Waals surface area contributed by atoms with Crippen molar-refractivity contribution in [2.45, 2.75) is 3.74 Å². The summed E-state index contributed by atoms with van der Waals surface area (Å²) in [5.41, 5.74) is 2.24. The van der Waals surface area contributed by atoms with Crippen molar-refractivity contribution in [1.82, 2.24) is 9.97 Å². The van der Waals surface area contributed by atoms with Crippen LogP contribution in [0.4, 0.5) is 0 Å². The third-order valence-electron chi connectivity index (χ3n) is 2.68. The molecular weight excluding hydrogens is 447 g/mol. The normalized spacial score (nSPS) is 10.8. The zero-order chi connectivity index (χ0) is 15.6. The van der Waals surface area contributed by atoms with Crippen LogP contribution in [-0.4, -0.2) is 23.0 Å². The van der Waals surface area contributed by atoms with Crippen LogP contribution in [0.2, 0.25) is 10.3 Å². The van der Waals surface area contributed by atoms with Crippen LogP contribution in [0.5, 0.6) is 0 Å². The third kappa shape index (κ3) is 3.74. The number of carbonyl (C=O) groups excluding carboxylic acids is 1. The van der Waals surface area contributed by atoms with E-state index in [0.29, 0.717) is 21.8 Å². The van der Waals surface area contributed by atoms with E-state index in [-0.39, 0.29) is 9.02 Å². The summed E-state index contributed by atoms with van der Waals surface area (Å²) in [6.07, 6.45) is 1.41. The number of hydrogen-bond acceptors (Lipinski definition) is 4. The summed E-state index contributed by atoms with van der Waals surface area (Å²) in [4.78, 5) is 19.8. The van der Waals surface area contributed by atoms with Crippen LogP contribution < -0.4 is 0 Å². The van der Waals surface area contributed by atoms with Crippen molar-refractivity contribution in [3.8, 4) is 11.3 Å². The largest absolute Gasteiger partial charge is 0.465 e. The molecule has 0 saturated carbocycles. The van der Waals surface area contributed by atoms with Crippen LogP contribution in [0.25, 0.3) is 11.3 Å². The van der Waals surface area contributed by atoms with E-state index in [0.717, 1.165) is 5.56 Å². The number of benzene rings is 1. The summed E-state index contributed by atoms with van der Waals surface area (Å²) >= 11 is 18.6. The Morgan fingerprint density at radius 3 is 2.67 bits per heavy atom. The first kappa shape index (κ1) is 16.7. The van der Waals surface area contributed by atoms with Gasteiger partial charge in [-0.25, -0.2) is 14.8 Å². The summed E-state index contributed by atoms with van der Waals surface area (Å²) in [6, 6.07) is 5.23. The van der Waals surface area contributed by atoms with Crippen molar-refractivity contribution in [1.29, 1.82) is 0 Å². The number of aromatic nitrogens is 2. The van der Waals surface area contributed by atoms with E-state index in [1.54, 1.807) is 18.2 Å². The summed E-state index contributed by atoms with van der Waals surface area (Å²) in [7, 11) is 1.32. The predicted octanol–water partition coefficient (Wildman–Crippen LogP) is 5.03. The average Bonchev–Trinajstić information content (AvgIpc) is 2.48. The number of esters is 1. The molecule has 0 N–H and O–H groups in total. The standard InChI is InChI=1S/C13H8Br2Cl2N2O2/c1-21-12(20)8-4-6(2-3-7(8)11(14)15)10-9(16)5-18-13(17)19-10/h2-5,11H,1H3. The van der Waals surface area contributed by atoms with Crippen molar-refractivity contribution < 1.29 is 9.53 Å². The van der Waals surface area contributed by atoms with Crippen molar-refractivity contribution in [3.63, 3.8) is 0 Å². The highest BCUT2D eigenvalue weighted by Crippen LogP contribution is 2.35. The SMILES string of the molecule is COC(=O)c1cc(-c2nc(Cl)ncc2Cl)ccc1C(Br)Br. The minimum atomic E-state index is -0.452. The lowest BCUT2D eigenvalue weighted by Crippen LogP contribution is -2.06. The molecule has 0 fully saturated rings. The van der Waals surface area contributed by atoms with Crippen LogP contribution in [0, 0.1) is 0 Å². The van der Waals surface area contributed by atoms with Gasteiger partial charge in [0.15, 0.2) is 0 Å². The van der Waals surface area contributed by atoms with Gasteiger partial charge in [-0.2, -0.15) is 0 Å². The van der Waals surface area contributed by atoms with Gasteiger partial charge in [-0.1, -0.05) is 55.6 Å². The minimum absolute atomic E-state index is 0.0805. The second-order valence-corrected chi connectivity index (χ2v) is 7.74. The molecule has 0 unspecified atom stereocenters. The van der Waals surface area contributed by atoms with Crippen LogP contribution in [0.15, 0.2) is 24.4 Å². The Balaban J connectivity index is 2.61. The fourth-order valence-electron chi connectivity index (χ4n) is 1.73. The van der Waals surface area contributed by atoms with Gasteiger partial charge >= 0.3 is 5.97 Å². The second kappa shape index (κ2) is 7.05. The Bertz CT molecular complexity index is 696. The lowest BCUT2D eigenvalue weighted by atomic mass is 10.0. The number of halogens is 4. The van der Waals surface area contributed by atoms with E-state index >= 15 is 0 Å². The molecule has 0 amide bonds. The number of ether oxygens (including phenoxy) is 1. The number of alkyl halides is 2. The molecule has 0 saturated heterocycles. The minimum Gasteiger partial charge on any atom is -0.465 e. The molecular formula is C13H8Br2Cl2N2O2. The summed E-state index contributed by atoms with van der Waals surface area (Å²) in [5.74, 6) is -0.452. The summed E-state index contributed by atoms with van der Waals surface area (Å²) in [5, 5.41) is 0.425. The van der Waals surface area contributed by atoms with Gasteiger partial charge < -0.3 is 4.74 Å². The monoisotopic (exact) mass is 452 g/mol. The van der Waals surface area contributed by atoms with Gasteiger partial charge in [-0.15, -0.1) is 0 Å². The van der Waals surface area contributed by atoms with Crippen molar-refractivity contribution >= 4 is 61.0 Å². The van der Waals surface area contributed by atoms with Crippen LogP contribution in [0.3, 0.4) is 0 Å². The molecule has 0 radical (unpaired) electrons. The van der Waals surface area contributed by atoms with E-state index in [4.69, 9.17) is 27.9 Å². The molecule has 1 aromatic heterocycles. The maximum absolute atomic E-state index is 11.9. The Kier molecular flexibility index (Phi) is 5.60. The molecule has 0 aliphatic heterocycles. The van der Waals surface area contributed by atoms with Gasteiger partial charge in [-0.3, -0.25) is 0 Å². The predicted molar refractivity (Wildman–Crippen MR) is 89.4 cm³/mol. The molecule has 0 bridgehead atoms. The van der Waals surface area contributed by atoms with Crippen LogP contribution in [0.1, 0.15) is 19.7 Å². The summed E-state index contributed by atoms with van der Waals surface area (Å²) in [6.45, 7) is 0. The quantitative estimate of drug-likeness (QED) is 0.371. The highest BCUT2D eigenvalue weighted by Gasteiger charge is 2.18.